The molecule has 0 saturated heterocycles. The van der Waals surface area contributed by atoms with Crippen LogP contribution in [0.15, 0.2) is 30.5 Å². The number of unbranched alkanes of at least 4 members (excludes halogenated alkanes) is 2. The van der Waals surface area contributed by atoms with Gasteiger partial charge >= 0.3 is 0 Å². The van der Waals surface area contributed by atoms with Crippen molar-refractivity contribution in [1.82, 2.24) is 4.68 Å². The van der Waals surface area contributed by atoms with Crippen molar-refractivity contribution in [2.45, 2.75) is 39.5 Å². The van der Waals surface area contributed by atoms with Crippen LogP contribution >= 0.6 is 0 Å². The molecule has 0 saturated carbocycles. The Balaban J connectivity index is 2.33. The molecule has 3 heteroatoms. The molecule has 2 rings (SSSR count). The van der Waals surface area contributed by atoms with E-state index in [1.165, 1.54) is 42.3 Å². The van der Waals surface area contributed by atoms with Gasteiger partial charge in [0.1, 0.15) is 0 Å². The van der Waals surface area contributed by atoms with Crippen LogP contribution in [0.5, 0.6) is 0 Å². The number of nitrogens with zero attached hydrogens (tertiary/aromatic N) is 2. The first-order valence-electron chi connectivity index (χ1n) is 7.84. The molecule has 0 aliphatic heterocycles. The lowest BCUT2D eigenvalue weighted by Gasteiger charge is -2.25. The summed E-state index contributed by atoms with van der Waals surface area (Å²) >= 11 is 0. The average molecular weight is 273 g/mol. The lowest BCUT2D eigenvalue weighted by atomic mass is 10.1. The van der Waals surface area contributed by atoms with Crippen molar-refractivity contribution in [2.24, 2.45) is 0 Å². The van der Waals surface area contributed by atoms with Crippen molar-refractivity contribution >= 4 is 16.6 Å². The molecule has 0 aliphatic carbocycles. The van der Waals surface area contributed by atoms with Crippen molar-refractivity contribution < 1.29 is 0 Å². The molecule has 2 aromatic rings. The molecule has 1 aromatic heterocycles. The van der Waals surface area contributed by atoms with Gasteiger partial charge in [0.2, 0.25) is 0 Å². The molecule has 1 N–H and O–H groups in total. The van der Waals surface area contributed by atoms with Crippen LogP contribution in [0.2, 0.25) is 0 Å². The maximum absolute atomic E-state index is 3.20. The molecular formula is C17H27N3. The molecule has 20 heavy (non-hydrogen) atoms. The van der Waals surface area contributed by atoms with Crippen LogP contribution in [0.25, 0.3) is 10.9 Å². The van der Waals surface area contributed by atoms with Crippen LogP contribution in [0.4, 0.5) is 5.69 Å². The summed E-state index contributed by atoms with van der Waals surface area (Å²) in [7, 11) is 1.96. The second kappa shape index (κ2) is 7.22. The number of hydrogen-bond donors (Lipinski definition) is 1. The molecule has 0 aliphatic rings. The zero-order valence-electron chi connectivity index (χ0n) is 13.0. The maximum atomic E-state index is 3.20. The fourth-order valence-electron chi connectivity index (χ4n) is 2.67. The Morgan fingerprint density at radius 1 is 1.05 bits per heavy atom. The number of benzene rings is 1. The second-order valence-electron chi connectivity index (χ2n) is 5.31. The van der Waals surface area contributed by atoms with Gasteiger partial charge in [-0.3, -0.25) is 4.68 Å². The van der Waals surface area contributed by atoms with Crippen LogP contribution in [-0.2, 0) is 0 Å². The third-order valence-corrected chi connectivity index (χ3v) is 3.85. The van der Waals surface area contributed by atoms with Crippen molar-refractivity contribution in [3.63, 3.8) is 0 Å². The first-order chi connectivity index (χ1) is 9.81. The van der Waals surface area contributed by atoms with E-state index < -0.39 is 0 Å². The number of rotatable bonds is 8. The maximum Gasteiger partial charge on any atom is 0.0713 e. The van der Waals surface area contributed by atoms with Crippen LogP contribution in [0.1, 0.15) is 39.5 Å². The van der Waals surface area contributed by atoms with E-state index in [2.05, 4.69) is 59.3 Å². The van der Waals surface area contributed by atoms with Crippen LogP contribution < -0.4 is 10.3 Å². The van der Waals surface area contributed by atoms with Gasteiger partial charge in [-0.1, -0.05) is 32.8 Å². The van der Waals surface area contributed by atoms with Gasteiger partial charge in [-0.05, 0) is 31.0 Å². The highest BCUT2D eigenvalue weighted by molar-refractivity contribution is 5.93. The zero-order valence-corrected chi connectivity index (χ0v) is 13.0. The van der Waals surface area contributed by atoms with Gasteiger partial charge in [0.05, 0.1) is 5.52 Å². The molecule has 110 valence electrons. The fraction of sp³-hybridized carbons (Fsp3) is 0.529. The van der Waals surface area contributed by atoms with Crippen molar-refractivity contribution in [3.8, 4) is 0 Å². The fourth-order valence-corrected chi connectivity index (χ4v) is 2.67. The molecule has 1 heterocycles. The van der Waals surface area contributed by atoms with E-state index in [0.717, 1.165) is 13.1 Å². The predicted molar refractivity (Wildman–Crippen MR) is 89.3 cm³/mol. The van der Waals surface area contributed by atoms with E-state index in [1.54, 1.807) is 0 Å². The number of fused-ring (bicyclic) bond motifs is 1. The summed E-state index contributed by atoms with van der Waals surface area (Å²) in [6.07, 6.45) is 7.11. The summed E-state index contributed by atoms with van der Waals surface area (Å²) < 4.78 is 2.08. The van der Waals surface area contributed by atoms with Gasteiger partial charge in [0.15, 0.2) is 0 Å². The molecular weight excluding hydrogens is 246 g/mol. The zero-order chi connectivity index (χ0) is 14.4. The summed E-state index contributed by atoms with van der Waals surface area (Å²) in [4.78, 5) is 2.55. The topological polar surface area (TPSA) is 20.2 Å². The highest BCUT2D eigenvalue weighted by Crippen LogP contribution is 2.28. The van der Waals surface area contributed by atoms with Gasteiger partial charge in [-0.2, -0.15) is 0 Å². The molecule has 3 nitrogen and oxygen atoms in total. The summed E-state index contributed by atoms with van der Waals surface area (Å²) in [6.45, 7) is 6.83. The summed E-state index contributed by atoms with van der Waals surface area (Å²) in [6, 6.07) is 8.81. The Bertz CT molecular complexity index is 522. The van der Waals surface area contributed by atoms with Gasteiger partial charge in [0, 0.05) is 37.4 Å². The van der Waals surface area contributed by atoms with Gasteiger partial charge < -0.3 is 10.3 Å². The Morgan fingerprint density at radius 3 is 2.35 bits per heavy atom. The van der Waals surface area contributed by atoms with E-state index in [1.807, 2.05) is 7.05 Å². The Hall–Kier alpha value is -1.64. The average Bonchev–Trinajstić information content (AvgIpc) is 2.91. The molecule has 0 atom stereocenters. The number of hydrogen-bond acceptors (Lipinski definition) is 2. The SMILES string of the molecule is CCCCN(CCCC)c1cccc2c1ccn2NC. The summed E-state index contributed by atoms with van der Waals surface area (Å²) in [5.41, 5.74) is 5.83. The van der Waals surface area contributed by atoms with Crippen molar-refractivity contribution in [1.29, 1.82) is 0 Å². The van der Waals surface area contributed by atoms with E-state index in [0.29, 0.717) is 0 Å². The lowest BCUT2D eigenvalue weighted by Crippen LogP contribution is -2.25. The van der Waals surface area contributed by atoms with E-state index in [9.17, 15) is 0 Å². The Labute approximate surface area is 122 Å². The van der Waals surface area contributed by atoms with E-state index in [-0.39, 0.29) is 0 Å². The largest absolute Gasteiger partial charge is 0.371 e. The predicted octanol–water partition coefficient (Wildman–Crippen LogP) is 4.22. The normalized spacial score (nSPS) is 10.9. The highest BCUT2D eigenvalue weighted by atomic mass is 15.4. The van der Waals surface area contributed by atoms with E-state index >= 15 is 0 Å². The molecule has 0 fully saturated rings. The number of nitrogens with one attached hydrogen (secondary N) is 1. The third kappa shape index (κ3) is 3.09. The minimum Gasteiger partial charge on any atom is -0.371 e. The number of anilines is 1. The third-order valence-electron chi connectivity index (χ3n) is 3.85. The summed E-state index contributed by atoms with van der Waals surface area (Å²) in [5.74, 6) is 0. The van der Waals surface area contributed by atoms with Crippen molar-refractivity contribution in [2.75, 3.05) is 30.5 Å². The monoisotopic (exact) mass is 273 g/mol. The number of aromatic nitrogens is 1. The minimum absolute atomic E-state index is 1.15. The quantitative estimate of drug-likeness (QED) is 0.777. The van der Waals surface area contributed by atoms with Gasteiger partial charge in [-0.25, -0.2) is 0 Å². The molecule has 0 radical (unpaired) electrons. The minimum atomic E-state index is 1.15. The van der Waals surface area contributed by atoms with E-state index in [4.69, 9.17) is 0 Å². The standard InChI is InChI=1S/C17H27N3/c1-4-6-12-19(13-7-5-2)16-9-8-10-17-15(16)11-14-20(17)18-3/h8-11,14,18H,4-7,12-13H2,1-3H3. The highest BCUT2D eigenvalue weighted by Gasteiger charge is 2.11. The smallest absolute Gasteiger partial charge is 0.0713 e. The Kier molecular flexibility index (Phi) is 5.33. The van der Waals surface area contributed by atoms with Crippen LogP contribution in [-0.4, -0.2) is 24.8 Å². The van der Waals surface area contributed by atoms with Gasteiger partial charge in [0.25, 0.3) is 0 Å². The lowest BCUT2D eigenvalue weighted by molar-refractivity contribution is 0.679. The first kappa shape index (κ1) is 14.8. The summed E-state index contributed by atoms with van der Waals surface area (Å²) in [5, 5.41) is 1.34. The van der Waals surface area contributed by atoms with Crippen LogP contribution in [0.3, 0.4) is 0 Å². The van der Waals surface area contributed by atoms with Crippen LogP contribution in [0, 0.1) is 0 Å². The van der Waals surface area contributed by atoms with Crippen molar-refractivity contribution in [3.05, 3.63) is 30.5 Å². The second-order valence-corrected chi connectivity index (χ2v) is 5.31. The first-order valence-corrected chi connectivity index (χ1v) is 7.84. The molecule has 0 bridgehead atoms. The molecule has 1 aromatic carbocycles. The molecule has 0 amide bonds. The molecule has 0 unspecified atom stereocenters. The Morgan fingerprint density at radius 2 is 1.75 bits per heavy atom. The van der Waals surface area contributed by atoms with Gasteiger partial charge in [-0.15, -0.1) is 0 Å². The molecule has 0 spiro atoms.